The second-order valence-electron chi connectivity index (χ2n) is 6.15. The first kappa shape index (κ1) is 19.3. The summed E-state index contributed by atoms with van der Waals surface area (Å²) in [4.78, 5) is 43.3. The Bertz CT molecular complexity index is 946. The predicted molar refractivity (Wildman–Crippen MR) is 94.4 cm³/mol. The van der Waals surface area contributed by atoms with Gasteiger partial charge in [-0.2, -0.15) is 0 Å². The minimum Gasteiger partial charge on any atom is -0.501 e. The number of aromatic nitrogens is 2. The van der Waals surface area contributed by atoms with Crippen LogP contribution >= 0.6 is 0 Å². The quantitative estimate of drug-likeness (QED) is 0.499. The molecule has 0 radical (unpaired) electrons. The Morgan fingerprint density at radius 3 is 2.71 bits per heavy atom. The van der Waals surface area contributed by atoms with E-state index in [4.69, 9.17) is 0 Å². The number of carbonyl (C=O) groups is 2. The maximum atomic E-state index is 12.9. The largest absolute Gasteiger partial charge is 0.501 e. The van der Waals surface area contributed by atoms with Crippen LogP contribution in [0, 0.1) is 5.82 Å². The molecule has 148 valence electrons. The van der Waals surface area contributed by atoms with Crippen molar-refractivity contribution in [1.29, 1.82) is 0 Å². The van der Waals surface area contributed by atoms with Gasteiger partial charge in [-0.1, -0.05) is 12.1 Å². The van der Waals surface area contributed by atoms with Crippen molar-refractivity contribution in [1.82, 2.24) is 25.5 Å². The molecule has 28 heavy (non-hydrogen) atoms. The van der Waals surface area contributed by atoms with Gasteiger partial charge in [-0.25, -0.2) is 14.2 Å². The summed E-state index contributed by atoms with van der Waals surface area (Å²) < 4.78 is 12.9. The number of hydrogen-bond acceptors (Lipinski definition) is 6. The third-order valence-corrected chi connectivity index (χ3v) is 4.30. The number of nitrogens with one attached hydrogen (secondary N) is 3. The smallest absolute Gasteiger partial charge is 0.408 e. The fraction of sp³-hybridized carbons (Fsp3) is 0.294. The molecular weight excluding hydrogens is 373 g/mol. The van der Waals surface area contributed by atoms with Crippen LogP contribution in [0.4, 0.5) is 9.18 Å². The maximum absolute atomic E-state index is 12.9. The van der Waals surface area contributed by atoms with Gasteiger partial charge in [0.25, 0.3) is 11.5 Å². The molecular formula is C17H18FN5O5. The summed E-state index contributed by atoms with van der Waals surface area (Å²) in [6.07, 6.45) is -1.19. The lowest BCUT2D eigenvalue weighted by Gasteiger charge is -2.33. The third-order valence-electron chi connectivity index (χ3n) is 4.30. The Labute approximate surface area is 158 Å². The number of hydrogen-bond donors (Lipinski definition) is 5. The molecule has 0 aliphatic carbocycles. The summed E-state index contributed by atoms with van der Waals surface area (Å²) in [6.45, 7) is 0.831. The number of aromatic hydroxyl groups is 1. The molecule has 1 aromatic heterocycles. The second kappa shape index (κ2) is 8.05. The molecule has 11 heteroatoms. The van der Waals surface area contributed by atoms with E-state index in [9.17, 15) is 29.0 Å². The van der Waals surface area contributed by atoms with Crippen molar-refractivity contribution in [2.45, 2.75) is 12.6 Å². The lowest BCUT2D eigenvalue weighted by atomic mass is 10.1. The molecule has 3 rings (SSSR count). The average Bonchev–Trinajstić information content (AvgIpc) is 2.69. The number of piperazine rings is 1. The molecule has 2 heterocycles. The van der Waals surface area contributed by atoms with Crippen LogP contribution in [-0.2, 0) is 6.54 Å². The Balaban J connectivity index is 1.84. The van der Waals surface area contributed by atoms with Crippen LogP contribution in [0.5, 0.6) is 5.75 Å². The van der Waals surface area contributed by atoms with Gasteiger partial charge in [0.05, 0.1) is 0 Å². The van der Waals surface area contributed by atoms with Crippen LogP contribution in [-0.4, -0.2) is 56.7 Å². The van der Waals surface area contributed by atoms with Crippen molar-refractivity contribution in [3.05, 3.63) is 57.5 Å². The number of nitrogens with zero attached hydrogens (tertiary/aromatic N) is 2. The van der Waals surface area contributed by atoms with E-state index in [1.165, 1.54) is 24.3 Å². The van der Waals surface area contributed by atoms with Crippen LogP contribution in [0.3, 0.4) is 0 Å². The van der Waals surface area contributed by atoms with Gasteiger partial charge in [0, 0.05) is 26.2 Å². The zero-order valence-corrected chi connectivity index (χ0v) is 14.6. The molecule has 1 aromatic carbocycles. The number of carbonyl (C=O) groups excluding carboxylic acids is 1. The van der Waals surface area contributed by atoms with Crippen LogP contribution in [0.2, 0.25) is 0 Å². The van der Waals surface area contributed by atoms with E-state index >= 15 is 0 Å². The Morgan fingerprint density at radius 1 is 1.32 bits per heavy atom. The average molecular weight is 391 g/mol. The lowest BCUT2D eigenvalue weighted by molar-refractivity contribution is 0.0940. The van der Waals surface area contributed by atoms with Gasteiger partial charge in [-0.3, -0.25) is 14.5 Å². The fourth-order valence-electron chi connectivity index (χ4n) is 2.85. The normalized spacial score (nSPS) is 16.6. The van der Waals surface area contributed by atoms with Crippen LogP contribution in [0.25, 0.3) is 0 Å². The van der Waals surface area contributed by atoms with Crippen molar-refractivity contribution < 1.29 is 24.2 Å². The molecule has 2 aromatic rings. The number of rotatable bonds is 4. The number of benzene rings is 1. The molecule has 1 fully saturated rings. The zero-order valence-electron chi connectivity index (χ0n) is 14.6. The molecule has 10 nitrogen and oxygen atoms in total. The van der Waals surface area contributed by atoms with Crippen LogP contribution in [0.1, 0.15) is 27.9 Å². The highest BCUT2D eigenvalue weighted by molar-refractivity contribution is 5.94. The first-order chi connectivity index (χ1) is 13.4. The number of carboxylic acid groups (broad SMARTS) is 1. The van der Waals surface area contributed by atoms with Gasteiger partial charge in [-0.05, 0) is 17.7 Å². The minimum absolute atomic E-state index is 0.0224. The number of aromatic amines is 1. The van der Waals surface area contributed by atoms with E-state index in [-0.39, 0.29) is 25.5 Å². The molecule has 0 bridgehead atoms. The number of H-pyrrole nitrogens is 1. The molecule has 0 saturated carbocycles. The highest BCUT2D eigenvalue weighted by atomic mass is 19.1. The summed E-state index contributed by atoms with van der Waals surface area (Å²) in [5.41, 5.74) is -0.863. The third kappa shape index (κ3) is 4.09. The Hall–Kier alpha value is -3.47. The summed E-state index contributed by atoms with van der Waals surface area (Å²) in [6, 6.07) is 4.61. The van der Waals surface area contributed by atoms with Gasteiger partial charge in [0.2, 0.25) is 5.75 Å². The minimum atomic E-state index is -1.19. The monoisotopic (exact) mass is 391 g/mol. The van der Waals surface area contributed by atoms with Gasteiger partial charge in [-0.15, -0.1) is 0 Å². The summed E-state index contributed by atoms with van der Waals surface area (Å²) in [5, 5.41) is 24.7. The first-order valence-corrected chi connectivity index (χ1v) is 8.43. The fourth-order valence-corrected chi connectivity index (χ4v) is 2.85. The topological polar surface area (TPSA) is 148 Å². The molecule has 1 aliphatic heterocycles. The van der Waals surface area contributed by atoms with Crippen LogP contribution < -0.4 is 16.2 Å². The van der Waals surface area contributed by atoms with E-state index in [0.717, 1.165) is 4.90 Å². The van der Waals surface area contributed by atoms with Gasteiger partial charge >= 0.3 is 6.09 Å². The second-order valence-corrected chi connectivity index (χ2v) is 6.15. The SMILES string of the molecule is O=C(NCc1ccc(F)cc1)c1nc(C2CNCCN2C(=O)O)[nH]c(=O)c1O. The summed E-state index contributed by atoms with van der Waals surface area (Å²) >= 11 is 0. The summed E-state index contributed by atoms with van der Waals surface area (Å²) in [7, 11) is 0. The van der Waals surface area contributed by atoms with E-state index in [0.29, 0.717) is 12.1 Å². The predicted octanol–water partition coefficient (Wildman–Crippen LogP) is 0.169. The van der Waals surface area contributed by atoms with Gasteiger partial charge in [0.15, 0.2) is 5.69 Å². The molecule has 5 N–H and O–H groups in total. The van der Waals surface area contributed by atoms with Crippen molar-refractivity contribution in [2.75, 3.05) is 19.6 Å². The molecule has 1 atom stereocenters. The van der Waals surface area contributed by atoms with E-state index < -0.39 is 40.9 Å². The maximum Gasteiger partial charge on any atom is 0.408 e. The van der Waals surface area contributed by atoms with E-state index in [1.807, 2.05) is 0 Å². The number of halogens is 1. The number of amides is 2. The first-order valence-electron chi connectivity index (χ1n) is 8.43. The molecule has 2 amide bonds. The highest BCUT2D eigenvalue weighted by Crippen LogP contribution is 2.20. The van der Waals surface area contributed by atoms with Crippen molar-refractivity contribution >= 4 is 12.0 Å². The molecule has 0 spiro atoms. The van der Waals surface area contributed by atoms with Crippen molar-refractivity contribution in [2.24, 2.45) is 0 Å². The molecule has 1 unspecified atom stereocenters. The standard InChI is InChI=1S/C17H18FN5O5/c18-10-3-1-9(2-4-10)7-20-15(25)12-13(24)16(26)22-14(21-12)11-8-19-5-6-23(11)17(27)28/h1-4,11,19,24H,5-8H2,(H,20,25)(H,27,28)(H,21,22,26). The van der Waals surface area contributed by atoms with E-state index in [1.54, 1.807) is 0 Å². The highest BCUT2D eigenvalue weighted by Gasteiger charge is 2.31. The lowest BCUT2D eigenvalue weighted by Crippen LogP contribution is -2.49. The van der Waals surface area contributed by atoms with Crippen molar-refractivity contribution in [3.8, 4) is 5.75 Å². The Morgan fingerprint density at radius 2 is 2.04 bits per heavy atom. The molecule has 1 saturated heterocycles. The Kier molecular flexibility index (Phi) is 5.54. The van der Waals surface area contributed by atoms with Crippen molar-refractivity contribution in [3.63, 3.8) is 0 Å². The van der Waals surface area contributed by atoms with Gasteiger partial charge < -0.3 is 25.8 Å². The summed E-state index contributed by atoms with van der Waals surface area (Å²) in [5.74, 6) is -2.16. The molecule has 1 aliphatic rings. The van der Waals surface area contributed by atoms with Crippen LogP contribution in [0.15, 0.2) is 29.1 Å². The van der Waals surface area contributed by atoms with E-state index in [2.05, 4.69) is 20.6 Å². The van der Waals surface area contributed by atoms with Gasteiger partial charge in [0.1, 0.15) is 17.7 Å². The zero-order chi connectivity index (χ0) is 20.3.